The molecule has 2 aliphatic heterocycles. The van der Waals surface area contributed by atoms with E-state index in [9.17, 15) is 19.5 Å². The number of methoxy groups -OCH3 is 1. The van der Waals surface area contributed by atoms with Gasteiger partial charge in [0.15, 0.2) is 0 Å². The summed E-state index contributed by atoms with van der Waals surface area (Å²) in [7, 11) is 3.03. The lowest BCUT2D eigenvalue weighted by Gasteiger charge is -2.28. The normalized spacial score (nSPS) is 26.8. The Morgan fingerprint density at radius 1 is 1.33 bits per heavy atom. The lowest BCUT2D eigenvalue weighted by atomic mass is 9.89. The van der Waals surface area contributed by atoms with Crippen LogP contribution in [0.4, 0.5) is 4.79 Å². The van der Waals surface area contributed by atoms with Crippen LogP contribution in [-0.2, 0) is 14.3 Å². The third kappa shape index (κ3) is 3.11. The molecule has 7 nitrogen and oxygen atoms in total. The van der Waals surface area contributed by atoms with Gasteiger partial charge in [0.05, 0.1) is 13.0 Å². The van der Waals surface area contributed by atoms with Gasteiger partial charge in [-0.15, -0.1) is 0 Å². The number of carboxylic acid groups (broad SMARTS) is 1. The highest BCUT2D eigenvalue weighted by atomic mass is 16.5. The molecule has 21 heavy (non-hydrogen) atoms. The molecule has 3 unspecified atom stereocenters. The molecule has 7 heteroatoms. The first-order valence-corrected chi connectivity index (χ1v) is 7.28. The number of rotatable bonds is 5. The number of fused-ring (bicyclic) bond motifs is 2. The molecule has 2 fully saturated rings. The van der Waals surface area contributed by atoms with Crippen molar-refractivity contribution in [2.45, 2.75) is 44.2 Å². The molecular weight excluding hydrogens is 276 g/mol. The van der Waals surface area contributed by atoms with Crippen molar-refractivity contribution in [3.63, 3.8) is 0 Å². The number of amides is 2. The van der Waals surface area contributed by atoms with Gasteiger partial charge in [0.25, 0.3) is 0 Å². The Labute approximate surface area is 123 Å². The predicted octanol–water partition coefficient (Wildman–Crippen LogP) is 0.929. The summed E-state index contributed by atoms with van der Waals surface area (Å²) in [4.78, 5) is 38.0. The Morgan fingerprint density at radius 2 is 2.05 bits per heavy atom. The van der Waals surface area contributed by atoms with Crippen LogP contribution in [0.5, 0.6) is 0 Å². The number of urea groups is 1. The maximum absolute atomic E-state index is 12.5. The van der Waals surface area contributed by atoms with Crippen LogP contribution in [0, 0.1) is 5.92 Å². The smallest absolute Gasteiger partial charge is 0.320 e. The predicted molar refractivity (Wildman–Crippen MR) is 73.7 cm³/mol. The van der Waals surface area contributed by atoms with Gasteiger partial charge in [0.2, 0.25) is 0 Å². The Balaban J connectivity index is 1.88. The Hall–Kier alpha value is -1.79. The molecule has 0 aromatic heterocycles. The van der Waals surface area contributed by atoms with Gasteiger partial charge in [-0.2, -0.15) is 0 Å². The zero-order valence-corrected chi connectivity index (χ0v) is 12.4. The second-order valence-electron chi connectivity index (χ2n) is 5.77. The fourth-order valence-electron chi connectivity index (χ4n) is 3.41. The van der Waals surface area contributed by atoms with Crippen LogP contribution in [0.2, 0.25) is 0 Å². The minimum absolute atomic E-state index is 0.0478. The number of aliphatic carboxylic acids is 1. The average molecular weight is 298 g/mol. The first-order chi connectivity index (χ1) is 9.95. The topological polar surface area (TPSA) is 87.2 Å². The molecule has 2 aliphatic rings. The molecule has 0 spiro atoms. The first kappa shape index (κ1) is 15.6. The molecule has 118 valence electrons. The third-order valence-corrected chi connectivity index (χ3v) is 4.50. The number of hydrogen-bond acceptors (Lipinski definition) is 4. The van der Waals surface area contributed by atoms with Crippen LogP contribution in [0.1, 0.15) is 32.1 Å². The largest absolute Gasteiger partial charge is 0.481 e. The highest BCUT2D eigenvalue weighted by Gasteiger charge is 2.51. The summed E-state index contributed by atoms with van der Waals surface area (Å²) in [5.41, 5.74) is 0. The molecule has 3 atom stereocenters. The van der Waals surface area contributed by atoms with Crippen molar-refractivity contribution in [3.05, 3.63) is 0 Å². The molecule has 0 aromatic rings. The molecule has 2 amide bonds. The van der Waals surface area contributed by atoms with Gasteiger partial charge in [0, 0.05) is 32.1 Å². The van der Waals surface area contributed by atoms with Gasteiger partial charge in [-0.05, 0) is 25.7 Å². The molecular formula is C14H22N2O5. The lowest BCUT2D eigenvalue weighted by Crippen LogP contribution is -2.45. The first-order valence-electron chi connectivity index (χ1n) is 7.28. The van der Waals surface area contributed by atoms with Crippen molar-refractivity contribution in [1.29, 1.82) is 0 Å². The van der Waals surface area contributed by atoms with E-state index in [0.717, 1.165) is 12.8 Å². The van der Waals surface area contributed by atoms with Gasteiger partial charge in [-0.1, -0.05) is 0 Å². The van der Waals surface area contributed by atoms with E-state index in [1.54, 1.807) is 16.8 Å². The SMILES string of the molecule is COC(=O)CCCN(C)C(=O)N1C2CCC1C(C(=O)O)C2. The van der Waals surface area contributed by atoms with Gasteiger partial charge in [-0.3, -0.25) is 9.59 Å². The van der Waals surface area contributed by atoms with Gasteiger partial charge >= 0.3 is 18.0 Å². The number of carboxylic acids is 1. The van der Waals surface area contributed by atoms with Crippen molar-refractivity contribution in [3.8, 4) is 0 Å². The fourth-order valence-corrected chi connectivity index (χ4v) is 3.41. The van der Waals surface area contributed by atoms with E-state index in [0.29, 0.717) is 19.4 Å². The summed E-state index contributed by atoms with van der Waals surface area (Å²) in [6.45, 7) is 0.460. The van der Waals surface area contributed by atoms with E-state index in [4.69, 9.17) is 0 Å². The van der Waals surface area contributed by atoms with Crippen LogP contribution >= 0.6 is 0 Å². The summed E-state index contributed by atoms with van der Waals surface area (Å²) >= 11 is 0. The molecule has 0 radical (unpaired) electrons. The molecule has 0 aromatic carbocycles. The summed E-state index contributed by atoms with van der Waals surface area (Å²) < 4.78 is 4.56. The molecule has 2 saturated heterocycles. The zero-order chi connectivity index (χ0) is 15.6. The molecule has 1 N–H and O–H groups in total. The third-order valence-electron chi connectivity index (χ3n) is 4.50. The second-order valence-corrected chi connectivity index (χ2v) is 5.77. The fraction of sp³-hybridized carbons (Fsp3) is 0.786. The zero-order valence-electron chi connectivity index (χ0n) is 12.4. The number of carbonyl (C=O) groups is 3. The summed E-state index contributed by atoms with van der Waals surface area (Å²) in [6, 6.07) is -0.258. The minimum atomic E-state index is -0.812. The maximum Gasteiger partial charge on any atom is 0.320 e. The number of esters is 1. The maximum atomic E-state index is 12.5. The van der Waals surface area contributed by atoms with Crippen molar-refractivity contribution in [2.24, 2.45) is 5.92 Å². The highest BCUT2D eigenvalue weighted by Crippen LogP contribution is 2.42. The van der Waals surface area contributed by atoms with E-state index in [2.05, 4.69) is 4.74 Å². The Morgan fingerprint density at radius 3 is 2.62 bits per heavy atom. The second kappa shape index (κ2) is 6.32. The van der Waals surface area contributed by atoms with E-state index >= 15 is 0 Å². The molecule has 2 bridgehead atoms. The molecule has 2 rings (SSSR count). The van der Waals surface area contributed by atoms with Crippen LogP contribution < -0.4 is 0 Å². The standard InChI is InChI=1S/C14H22N2O5/c1-15(7-3-4-12(17)21-2)14(20)16-9-5-6-11(16)10(8-9)13(18)19/h9-11H,3-8H2,1-2H3,(H,18,19). The van der Waals surface area contributed by atoms with E-state index in [1.807, 2.05) is 0 Å². The number of ether oxygens (including phenoxy) is 1. The van der Waals surface area contributed by atoms with Crippen molar-refractivity contribution in [1.82, 2.24) is 9.80 Å². The molecule has 2 heterocycles. The quantitative estimate of drug-likeness (QED) is 0.763. The average Bonchev–Trinajstić information content (AvgIpc) is 3.03. The van der Waals surface area contributed by atoms with Gasteiger partial charge in [0.1, 0.15) is 0 Å². The summed E-state index contributed by atoms with van der Waals surface area (Å²) in [5.74, 6) is -1.53. The van der Waals surface area contributed by atoms with Crippen LogP contribution in [0.15, 0.2) is 0 Å². The van der Waals surface area contributed by atoms with Crippen LogP contribution in [-0.4, -0.2) is 65.7 Å². The highest BCUT2D eigenvalue weighted by molar-refractivity contribution is 5.79. The van der Waals surface area contributed by atoms with Gasteiger partial charge in [-0.25, -0.2) is 4.79 Å². The van der Waals surface area contributed by atoms with Crippen molar-refractivity contribution in [2.75, 3.05) is 20.7 Å². The summed E-state index contributed by atoms with van der Waals surface area (Å²) in [6.07, 6.45) is 3.03. The van der Waals surface area contributed by atoms with E-state index in [-0.39, 0.29) is 30.5 Å². The van der Waals surface area contributed by atoms with Gasteiger partial charge < -0.3 is 19.6 Å². The Kier molecular flexibility index (Phi) is 4.69. The monoisotopic (exact) mass is 298 g/mol. The number of hydrogen-bond donors (Lipinski definition) is 1. The van der Waals surface area contributed by atoms with E-state index < -0.39 is 11.9 Å². The Bertz CT molecular complexity index is 439. The van der Waals surface area contributed by atoms with Crippen LogP contribution in [0.3, 0.4) is 0 Å². The summed E-state index contributed by atoms with van der Waals surface area (Å²) in [5, 5.41) is 9.20. The minimum Gasteiger partial charge on any atom is -0.481 e. The lowest BCUT2D eigenvalue weighted by molar-refractivity contribution is -0.143. The van der Waals surface area contributed by atoms with Crippen molar-refractivity contribution < 1.29 is 24.2 Å². The van der Waals surface area contributed by atoms with Crippen molar-refractivity contribution >= 4 is 18.0 Å². The number of carbonyl (C=O) groups excluding carboxylic acids is 2. The molecule has 0 aliphatic carbocycles. The number of nitrogens with zero attached hydrogens (tertiary/aromatic N) is 2. The van der Waals surface area contributed by atoms with Crippen LogP contribution in [0.25, 0.3) is 0 Å². The van der Waals surface area contributed by atoms with E-state index in [1.165, 1.54) is 7.11 Å². The molecule has 0 saturated carbocycles.